The lowest BCUT2D eigenvalue weighted by molar-refractivity contribution is -0.116. The fourth-order valence-electron chi connectivity index (χ4n) is 2.15. The van der Waals surface area contributed by atoms with E-state index in [0.29, 0.717) is 17.7 Å². The van der Waals surface area contributed by atoms with Crippen LogP contribution >= 0.6 is 0 Å². The summed E-state index contributed by atoms with van der Waals surface area (Å²) in [5, 5.41) is 2.74. The molecule has 0 saturated heterocycles. The van der Waals surface area contributed by atoms with Gasteiger partial charge in [0.1, 0.15) is 5.82 Å². The molecule has 0 radical (unpaired) electrons. The molecule has 0 heterocycles. The second-order valence-electron chi connectivity index (χ2n) is 6.14. The van der Waals surface area contributed by atoms with E-state index in [1.165, 1.54) is 24.3 Å². The smallest absolute Gasteiger partial charge is 0.269 e. The number of carbonyl (C=O) groups is 3. The van der Waals surface area contributed by atoms with Gasteiger partial charge in [-0.15, -0.1) is 0 Å². The lowest BCUT2D eigenvalue weighted by Gasteiger charge is -2.09. The van der Waals surface area contributed by atoms with E-state index in [1.54, 1.807) is 12.1 Å². The van der Waals surface area contributed by atoms with E-state index in [1.807, 2.05) is 13.8 Å². The Balaban J connectivity index is 1.88. The molecule has 136 valence electrons. The Labute approximate surface area is 150 Å². The number of carbonyl (C=O) groups excluding carboxylic acids is 3. The Hall–Kier alpha value is -3.22. The zero-order chi connectivity index (χ0) is 19.1. The summed E-state index contributed by atoms with van der Waals surface area (Å²) in [7, 11) is 0. The first-order chi connectivity index (χ1) is 12.3. The van der Waals surface area contributed by atoms with E-state index in [9.17, 15) is 18.8 Å². The van der Waals surface area contributed by atoms with Gasteiger partial charge in [-0.3, -0.25) is 25.2 Å². The summed E-state index contributed by atoms with van der Waals surface area (Å²) in [5.74, 6) is -1.36. The van der Waals surface area contributed by atoms with Crippen molar-refractivity contribution in [1.82, 2.24) is 10.9 Å². The van der Waals surface area contributed by atoms with Crippen molar-refractivity contribution in [3.05, 3.63) is 65.5 Å². The summed E-state index contributed by atoms with van der Waals surface area (Å²) in [5.41, 5.74) is 5.65. The minimum atomic E-state index is -0.559. The van der Waals surface area contributed by atoms with Gasteiger partial charge in [-0.05, 0) is 54.4 Å². The molecule has 0 bridgehead atoms. The highest BCUT2D eigenvalue weighted by Crippen LogP contribution is 2.11. The molecule has 0 aliphatic heterocycles. The molecule has 3 amide bonds. The van der Waals surface area contributed by atoms with E-state index < -0.39 is 17.6 Å². The van der Waals surface area contributed by atoms with Crippen LogP contribution in [0.2, 0.25) is 0 Å². The van der Waals surface area contributed by atoms with Gasteiger partial charge in [0.25, 0.3) is 11.8 Å². The van der Waals surface area contributed by atoms with Gasteiger partial charge in [0, 0.05) is 23.2 Å². The van der Waals surface area contributed by atoms with Crippen LogP contribution in [0, 0.1) is 11.7 Å². The number of amides is 3. The molecule has 0 unspecified atom stereocenters. The summed E-state index contributed by atoms with van der Waals surface area (Å²) >= 11 is 0. The van der Waals surface area contributed by atoms with Crippen molar-refractivity contribution in [2.45, 2.75) is 20.3 Å². The number of anilines is 1. The molecule has 7 heteroatoms. The lowest BCUT2D eigenvalue weighted by Crippen LogP contribution is -2.41. The molecule has 0 aliphatic rings. The Bertz CT molecular complexity index is 787. The SMILES string of the molecule is CC(C)CC(=O)Nc1ccc(C(=O)NNC(=O)c2ccc(F)cc2)cc1. The van der Waals surface area contributed by atoms with Gasteiger partial charge in [-0.25, -0.2) is 4.39 Å². The minimum Gasteiger partial charge on any atom is -0.326 e. The largest absolute Gasteiger partial charge is 0.326 e. The Morgan fingerprint density at radius 2 is 1.31 bits per heavy atom. The average Bonchev–Trinajstić information content (AvgIpc) is 2.60. The van der Waals surface area contributed by atoms with Gasteiger partial charge in [-0.1, -0.05) is 13.8 Å². The van der Waals surface area contributed by atoms with Crippen molar-refractivity contribution >= 4 is 23.4 Å². The van der Waals surface area contributed by atoms with Crippen LogP contribution < -0.4 is 16.2 Å². The van der Waals surface area contributed by atoms with Crippen molar-refractivity contribution in [2.75, 3.05) is 5.32 Å². The minimum absolute atomic E-state index is 0.0937. The summed E-state index contributed by atoms with van der Waals surface area (Å²) in [6.07, 6.45) is 0.414. The third-order valence-corrected chi connectivity index (χ3v) is 3.42. The summed E-state index contributed by atoms with van der Waals surface area (Å²) in [4.78, 5) is 35.6. The van der Waals surface area contributed by atoms with E-state index in [0.717, 1.165) is 12.1 Å². The number of halogens is 1. The molecule has 0 saturated carbocycles. The second kappa shape index (κ2) is 8.75. The van der Waals surface area contributed by atoms with Crippen molar-refractivity contribution < 1.29 is 18.8 Å². The molecular weight excluding hydrogens is 337 g/mol. The van der Waals surface area contributed by atoms with Crippen molar-refractivity contribution in [2.24, 2.45) is 5.92 Å². The third kappa shape index (κ3) is 5.70. The van der Waals surface area contributed by atoms with Gasteiger partial charge in [0.2, 0.25) is 5.91 Å². The van der Waals surface area contributed by atoms with Crippen LogP contribution in [0.15, 0.2) is 48.5 Å². The maximum Gasteiger partial charge on any atom is 0.269 e. The Kier molecular flexibility index (Phi) is 6.43. The molecule has 0 aliphatic carbocycles. The van der Waals surface area contributed by atoms with Gasteiger partial charge in [0.15, 0.2) is 0 Å². The highest BCUT2D eigenvalue weighted by atomic mass is 19.1. The molecular formula is C19H20FN3O3. The van der Waals surface area contributed by atoms with Crippen LogP contribution in [-0.2, 0) is 4.79 Å². The van der Waals surface area contributed by atoms with Crippen molar-refractivity contribution in [3.63, 3.8) is 0 Å². The van der Waals surface area contributed by atoms with Crippen molar-refractivity contribution in [1.29, 1.82) is 0 Å². The van der Waals surface area contributed by atoms with Crippen LogP contribution in [0.25, 0.3) is 0 Å². The quantitative estimate of drug-likeness (QED) is 0.719. The van der Waals surface area contributed by atoms with Gasteiger partial charge < -0.3 is 5.32 Å². The predicted molar refractivity (Wildman–Crippen MR) is 95.9 cm³/mol. The van der Waals surface area contributed by atoms with E-state index >= 15 is 0 Å². The molecule has 0 spiro atoms. The number of benzene rings is 2. The zero-order valence-electron chi connectivity index (χ0n) is 14.5. The van der Waals surface area contributed by atoms with Crippen LogP contribution in [-0.4, -0.2) is 17.7 Å². The molecule has 0 atom stereocenters. The molecule has 0 aromatic heterocycles. The molecule has 0 fully saturated rings. The Morgan fingerprint density at radius 3 is 1.77 bits per heavy atom. The molecule has 3 N–H and O–H groups in total. The van der Waals surface area contributed by atoms with Crippen LogP contribution in [0.3, 0.4) is 0 Å². The molecule has 2 aromatic rings. The maximum absolute atomic E-state index is 12.8. The number of hydrazine groups is 1. The zero-order valence-corrected chi connectivity index (χ0v) is 14.5. The normalized spacial score (nSPS) is 10.3. The van der Waals surface area contributed by atoms with E-state index in [2.05, 4.69) is 16.2 Å². The van der Waals surface area contributed by atoms with Gasteiger partial charge in [0.05, 0.1) is 0 Å². The summed E-state index contributed by atoms with van der Waals surface area (Å²) in [6, 6.07) is 11.2. The fraction of sp³-hybridized carbons (Fsp3) is 0.211. The second-order valence-corrected chi connectivity index (χ2v) is 6.14. The third-order valence-electron chi connectivity index (χ3n) is 3.42. The van der Waals surface area contributed by atoms with E-state index in [-0.39, 0.29) is 17.4 Å². The monoisotopic (exact) mass is 357 g/mol. The predicted octanol–water partition coefficient (Wildman–Crippen LogP) is 2.89. The highest BCUT2D eigenvalue weighted by Gasteiger charge is 2.10. The van der Waals surface area contributed by atoms with Crippen LogP contribution in [0.1, 0.15) is 41.0 Å². The number of nitrogens with one attached hydrogen (secondary N) is 3. The summed E-state index contributed by atoms with van der Waals surface area (Å²) < 4.78 is 12.8. The fourth-order valence-corrected chi connectivity index (χ4v) is 2.15. The van der Waals surface area contributed by atoms with Gasteiger partial charge in [-0.2, -0.15) is 0 Å². The standard InChI is InChI=1S/C19H20FN3O3/c1-12(2)11-17(24)21-16-9-5-14(6-10-16)19(26)23-22-18(25)13-3-7-15(20)8-4-13/h3-10,12H,11H2,1-2H3,(H,21,24)(H,22,25)(H,23,26). The first-order valence-corrected chi connectivity index (χ1v) is 8.11. The van der Waals surface area contributed by atoms with Crippen LogP contribution in [0.4, 0.5) is 10.1 Å². The first kappa shape index (κ1) is 19.1. The number of hydrogen-bond donors (Lipinski definition) is 3. The first-order valence-electron chi connectivity index (χ1n) is 8.11. The topological polar surface area (TPSA) is 87.3 Å². The number of hydrogen-bond acceptors (Lipinski definition) is 3. The van der Waals surface area contributed by atoms with Crippen molar-refractivity contribution in [3.8, 4) is 0 Å². The van der Waals surface area contributed by atoms with E-state index in [4.69, 9.17) is 0 Å². The maximum atomic E-state index is 12.8. The van der Waals surface area contributed by atoms with Gasteiger partial charge >= 0.3 is 0 Å². The average molecular weight is 357 g/mol. The molecule has 2 aromatic carbocycles. The number of rotatable bonds is 5. The highest BCUT2D eigenvalue weighted by molar-refractivity contribution is 5.99. The molecule has 2 rings (SSSR count). The lowest BCUT2D eigenvalue weighted by atomic mass is 10.1. The summed E-state index contributed by atoms with van der Waals surface area (Å²) in [6.45, 7) is 3.90. The molecule has 6 nitrogen and oxygen atoms in total. The molecule has 26 heavy (non-hydrogen) atoms. The van der Waals surface area contributed by atoms with Crippen LogP contribution in [0.5, 0.6) is 0 Å². The Morgan fingerprint density at radius 1 is 0.846 bits per heavy atom.